The van der Waals surface area contributed by atoms with Gasteiger partial charge in [0.2, 0.25) is 0 Å². The van der Waals surface area contributed by atoms with E-state index in [1.807, 2.05) is 0 Å². The lowest BCUT2D eigenvalue weighted by molar-refractivity contribution is 0.381. The van der Waals surface area contributed by atoms with Crippen LogP contribution in [0.5, 0.6) is 11.5 Å². The minimum atomic E-state index is 0.294. The molecule has 1 aromatic carbocycles. The van der Waals surface area contributed by atoms with Crippen molar-refractivity contribution in [2.24, 2.45) is 0 Å². The summed E-state index contributed by atoms with van der Waals surface area (Å²) in [6.07, 6.45) is 0. The standard InChI is InChI=1S/C12H15NO2/c1-8(2)12-10(14-3)5-9(7-13)6-11(12)15-4/h5-6,8H,1-4H3. The van der Waals surface area contributed by atoms with Gasteiger partial charge in [0.25, 0.3) is 0 Å². The topological polar surface area (TPSA) is 42.2 Å². The highest BCUT2D eigenvalue weighted by molar-refractivity contribution is 5.52. The van der Waals surface area contributed by atoms with Gasteiger partial charge >= 0.3 is 0 Å². The molecule has 0 amide bonds. The van der Waals surface area contributed by atoms with E-state index in [1.54, 1.807) is 26.4 Å². The molecule has 0 aliphatic carbocycles. The number of methoxy groups -OCH3 is 2. The lowest BCUT2D eigenvalue weighted by Gasteiger charge is -2.16. The fourth-order valence-corrected chi connectivity index (χ4v) is 1.57. The van der Waals surface area contributed by atoms with Gasteiger partial charge in [-0.25, -0.2) is 0 Å². The summed E-state index contributed by atoms with van der Waals surface area (Å²) in [4.78, 5) is 0. The fraction of sp³-hybridized carbons (Fsp3) is 0.417. The minimum absolute atomic E-state index is 0.294. The van der Waals surface area contributed by atoms with Crippen LogP contribution in [-0.4, -0.2) is 14.2 Å². The van der Waals surface area contributed by atoms with Crippen molar-refractivity contribution in [1.82, 2.24) is 0 Å². The molecule has 1 aromatic rings. The van der Waals surface area contributed by atoms with Gasteiger partial charge < -0.3 is 9.47 Å². The molecule has 0 aliphatic rings. The van der Waals surface area contributed by atoms with Crippen LogP contribution < -0.4 is 9.47 Å². The maximum absolute atomic E-state index is 8.85. The summed E-state index contributed by atoms with van der Waals surface area (Å²) in [5.41, 5.74) is 1.55. The lowest BCUT2D eigenvalue weighted by atomic mass is 9.99. The average Bonchev–Trinajstić information content (AvgIpc) is 2.26. The van der Waals surface area contributed by atoms with Gasteiger partial charge in [-0.15, -0.1) is 0 Å². The molecule has 0 aliphatic heterocycles. The van der Waals surface area contributed by atoms with E-state index in [1.165, 1.54) is 0 Å². The second-order valence-electron chi connectivity index (χ2n) is 3.56. The number of rotatable bonds is 3. The number of ether oxygens (including phenoxy) is 2. The summed E-state index contributed by atoms with van der Waals surface area (Å²) in [5.74, 6) is 1.71. The van der Waals surface area contributed by atoms with E-state index in [2.05, 4.69) is 19.9 Å². The zero-order valence-electron chi connectivity index (χ0n) is 9.50. The van der Waals surface area contributed by atoms with Crippen molar-refractivity contribution in [3.63, 3.8) is 0 Å². The number of hydrogen-bond acceptors (Lipinski definition) is 3. The molecule has 0 saturated carbocycles. The Bertz CT molecular complexity index is 366. The summed E-state index contributed by atoms with van der Waals surface area (Å²) in [6.45, 7) is 4.12. The van der Waals surface area contributed by atoms with Gasteiger partial charge in [-0.05, 0) is 18.1 Å². The van der Waals surface area contributed by atoms with E-state index < -0.39 is 0 Å². The Hall–Kier alpha value is -1.69. The van der Waals surface area contributed by atoms with Crippen molar-refractivity contribution < 1.29 is 9.47 Å². The Balaban J connectivity index is 3.41. The summed E-state index contributed by atoms with van der Waals surface area (Å²) in [5, 5.41) is 8.85. The van der Waals surface area contributed by atoms with Crippen LogP contribution in [0.4, 0.5) is 0 Å². The van der Waals surface area contributed by atoms with Gasteiger partial charge in [-0.2, -0.15) is 5.26 Å². The smallest absolute Gasteiger partial charge is 0.127 e. The van der Waals surface area contributed by atoms with Crippen molar-refractivity contribution in [1.29, 1.82) is 5.26 Å². The molecular weight excluding hydrogens is 190 g/mol. The highest BCUT2D eigenvalue weighted by atomic mass is 16.5. The highest BCUT2D eigenvalue weighted by Crippen LogP contribution is 2.36. The quantitative estimate of drug-likeness (QED) is 0.761. The third-order valence-corrected chi connectivity index (χ3v) is 2.25. The zero-order valence-corrected chi connectivity index (χ0v) is 9.50. The Morgan fingerprint density at radius 3 is 1.87 bits per heavy atom. The Kier molecular flexibility index (Phi) is 3.56. The molecule has 0 spiro atoms. The SMILES string of the molecule is COc1cc(C#N)cc(OC)c1C(C)C. The van der Waals surface area contributed by atoms with Crippen LogP contribution in [0.15, 0.2) is 12.1 Å². The van der Waals surface area contributed by atoms with Gasteiger partial charge in [0, 0.05) is 5.56 Å². The Labute approximate surface area is 90.2 Å². The summed E-state index contributed by atoms with van der Waals surface area (Å²) in [7, 11) is 3.20. The number of nitriles is 1. The monoisotopic (exact) mass is 205 g/mol. The zero-order chi connectivity index (χ0) is 11.4. The van der Waals surface area contributed by atoms with E-state index >= 15 is 0 Å². The second-order valence-corrected chi connectivity index (χ2v) is 3.56. The molecule has 0 bridgehead atoms. The molecule has 0 atom stereocenters. The van der Waals surface area contributed by atoms with Crippen molar-refractivity contribution in [3.8, 4) is 17.6 Å². The predicted octanol–water partition coefficient (Wildman–Crippen LogP) is 2.70. The molecule has 1 rings (SSSR count). The molecule has 0 heterocycles. The van der Waals surface area contributed by atoms with Crippen molar-refractivity contribution in [2.75, 3.05) is 14.2 Å². The lowest BCUT2D eigenvalue weighted by Crippen LogP contribution is -1.99. The van der Waals surface area contributed by atoms with Gasteiger partial charge in [0.05, 0.1) is 25.9 Å². The summed E-state index contributed by atoms with van der Waals surface area (Å²) in [6, 6.07) is 5.55. The molecule has 0 aromatic heterocycles. The van der Waals surface area contributed by atoms with Crippen LogP contribution in [0.3, 0.4) is 0 Å². The number of benzene rings is 1. The first-order valence-electron chi connectivity index (χ1n) is 4.80. The van der Waals surface area contributed by atoms with Crippen molar-refractivity contribution >= 4 is 0 Å². The second kappa shape index (κ2) is 4.70. The molecule has 3 heteroatoms. The molecule has 0 fully saturated rings. The first kappa shape index (κ1) is 11.4. The largest absolute Gasteiger partial charge is 0.496 e. The van der Waals surface area contributed by atoms with Crippen LogP contribution in [0.1, 0.15) is 30.9 Å². The molecule has 0 unspecified atom stereocenters. The van der Waals surface area contributed by atoms with E-state index in [-0.39, 0.29) is 0 Å². The van der Waals surface area contributed by atoms with E-state index in [9.17, 15) is 0 Å². The first-order valence-corrected chi connectivity index (χ1v) is 4.80. The highest BCUT2D eigenvalue weighted by Gasteiger charge is 2.15. The molecule has 0 N–H and O–H groups in total. The van der Waals surface area contributed by atoms with Crippen LogP contribution in [0, 0.1) is 11.3 Å². The third kappa shape index (κ3) is 2.21. The molecular formula is C12H15NO2. The Morgan fingerprint density at radius 1 is 1.13 bits per heavy atom. The first-order chi connectivity index (χ1) is 7.13. The van der Waals surface area contributed by atoms with Crippen LogP contribution in [-0.2, 0) is 0 Å². The van der Waals surface area contributed by atoms with Gasteiger partial charge in [-0.1, -0.05) is 13.8 Å². The third-order valence-electron chi connectivity index (χ3n) is 2.25. The van der Waals surface area contributed by atoms with E-state index in [4.69, 9.17) is 14.7 Å². The number of nitrogens with zero attached hydrogens (tertiary/aromatic N) is 1. The Morgan fingerprint density at radius 2 is 1.60 bits per heavy atom. The van der Waals surface area contributed by atoms with Crippen molar-refractivity contribution in [3.05, 3.63) is 23.3 Å². The predicted molar refractivity (Wildman–Crippen MR) is 58.4 cm³/mol. The minimum Gasteiger partial charge on any atom is -0.496 e. The molecule has 15 heavy (non-hydrogen) atoms. The van der Waals surface area contributed by atoms with Gasteiger partial charge in [0.15, 0.2) is 0 Å². The van der Waals surface area contributed by atoms with Gasteiger partial charge in [0.1, 0.15) is 11.5 Å². The average molecular weight is 205 g/mol. The van der Waals surface area contributed by atoms with Gasteiger partial charge in [-0.3, -0.25) is 0 Å². The van der Waals surface area contributed by atoms with Crippen LogP contribution >= 0.6 is 0 Å². The van der Waals surface area contributed by atoms with Crippen molar-refractivity contribution in [2.45, 2.75) is 19.8 Å². The summed E-state index contributed by atoms with van der Waals surface area (Å²) >= 11 is 0. The maximum Gasteiger partial charge on any atom is 0.127 e. The van der Waals surface area contributed by atoms with Crippen LogP contribution in [0.25, 0.3) is 0 Å². The normalized spacial score (nSPS) is 9.87. The molecule has 3 nitrogen and oxygen atoms in total. The van der Waals surface area contributed by atoms with E-state index in [0.717, 1.165) is 5.56 Å². The summed E-state index contributed by atoms with van der Waals surface area (Å²) < 4.78 is 10.5. The van der Waals surface area contributed by atoms with Crippen LogP contribution in [0.2, 0.25) is 0 Å². The number of hydrogen-bond donors (Lipinski definition) is 0. The molecule has 0 saturated heterocycles. The molecule has 80 valence electrons. The van der Waals surface area contributed by atoms with E-state index in [0.29, 0.717) is 23.0 Å². The maximum atomic E-state index is 8.85. The molecule has 0 radical (unpaired) electrons. The fourth-order valence-electron chi connectivity index (χ4n) is 1.57.